The van der Waals surface area contributed by atoms with Crippen LogP contribution in [0, 0.1) is 16.7 Å². The molecule has 0 aromatic heterocycles. The number of allylic oxidation sites excluding steroid dienone is 1. The van der Waals surface area contributed by atoms with Crippen LogP contribution in [0.4, 0.5) is 0 Å². The molecule has 1 aliphatic rings. The van der Waals surface area contributed by atoms with Gasteiger partial charge in [0, 0.05) is 12.0 Å². The Kier molecular flexibility index (Phi) is 11.6. The van der Waals surface area contributed by atoms with Crippen LogP contribution in [0.25, 0.3) is 0 Å². The molecule has 0 unspecified atom stereocenters. The first-order valence-electron chi connectivity index (χ1n) is 17.7. The van der Waals surface area contributed by atoms with E-state index in [1.165, 1.54) is 0 Å². The summed E-state index contributed by atoms with van der Waals surface area (Å²) in [6.45, 7) is 14.6. The summed E-state index contributed by atoms with van der Waals surface area (Å²) in [5, 5.41) is 0. The highest BCUT2D eigenvalue weighted by Gasteiger charge is 2.48. The summed E-state index contributed by atoms with van der Waals surface area (Å²) in [5.74, 6) is 0.185. The lowest BCUT2D eigenvalue weighted by molar-refractivity contribution is -0.167. The normalized spacial score (nSPS) is 17.9. The van der Waals surface area contributed by atoms with Gasteiger partial charge in [-0.15, -0.1) is 0 Å². The largest absolute Gasteiger partial charge is 0.450 e. The topological polar surface area (TPSA) is 44.8 Å². The highest BCUT2D eigenvalue weighted by atomic mass is 16.6. The summed E-state index contributed by atoms with van der Waals surface area (Å²) < 4.78 is 20.0. The molecule has 0 saturated carbocycles. The molecule has 1 saturated heterocycles. The molecule has 0 spiro atoms. The van der Waals surface area contributed by atoms with Gasteiger partial charge in [-0.1, -0.05) is 169 Å². The van der Waals surface area contributed by atoms with Crippen molar-refractivity contribution >= 4 is 5.97 Å². The molecule has 0 amide bonds. The number of cyclic esters (lactones) is 1. The third-order valence-electron chi connectivity index (χ3n) is 9.15. The van der Waals surface area contributed by atoms with E-state index in [9.17, 15) is 4.79 Å². The zero-order chi connectivity index (χ0) is 35.0. The highest BCUT2D eigenvalue weighted by molar-refractivity contribution is 5.91. The molecule has 0 bridgehead atoms. The van der Waals surface area contributed by atoms with Crippen molar-refractivity contribution in [2.75, 3.05) is 13.2 Å². The maximum atomic E-state index is 13.7. The zero-order valence-corrected chi connectivity index (χ0v) is 30.3. The van der Waals surface area contributed by atoms with Crippen LogP contribution in [0.15, 0.2) is 133 Å². The van der Waals surface area contributed by atoms with Crippen LogP contribution in [0.1, 0.15) is 89.5 Å². The number of esters is 1. The van der Waals surface area contributed by atoms with Crippen LogP contribution in [-0.4, -0.2) is 24.8 Å². The maximum absolute atomic E-state index is 13.7. The molecular weight excluding hydrogens is 604 g/mol. The van der Waals surface area contributed by atoms with Gasteiger partial charge in [-0.3, -0.25) is 0 Å². The second kappa shape index (κ2) is 15.7. The van der Waals surface area contributed by atoms with E-state index in [-0.39, 0.29) is 30.0 Å². The molecule has 0 radical (unpaired) electrons. The monoisotopic (exact) mass is 658 g/mol. The van der Waals surface area contributed by atoms with Gasteiger partial charge >= 0.3 is 5.97 Å². The van der Waals surface area contributed by atoms with Crippen molar-refractivity contribution in [3.05, 3.63) is 155 Å². The molecular formula is C45H54O4. The summed E-state index contributed by atoms with van der Waals surface area (Å²) >= 11 is 0. The van der Waals surface area contributed by atoms with Gasteiger partial charge in [0.2, 0.25) is 0 Å². The van der Waals surface area contributed by atoms with Gasteiger partial charge in [0.05, 0.1) is 19.8 Å². The van der Waals surface area contributed by atoms with E-state index in [4.69, 9.17) is 14.2 Å². The van der Waals surface area contributed by atoms with E-state index in [1.807, 2.05) is 84.9 Å². The van der Waals surface area contributed by atoms with Crippen molar-refractivity contribution in [1.82, 2.24) is 0 Å². The van der Waals surface area contributed by atoms with Gasteiger partial charge in [-0.25, -0.2) is 4.79 Å². The second-order valence-corrected chi connectivity index (χ2v) is 16.2. The Morgan fingerprint density at radius 1 is 0.673 bits per heavy atom. The number of hydrogen-bond donors (Lipinski definition) is 0. The molecule has 258 valence electrons. The third kappa shape index (κ3) is 9.80. The van der Waals surface area contributed by atoms with E-state index >= 15 is 0 Å². The number of carbonyl (C=O) groups is 1. The predicted molar refractivity (Wildman–Crippen MR) is 199 cm³/mol. The highest BCUT2D eigenvalue weighted by Crippen LogP contribution is 2.43. The summed E-state index contributed by atoms with van der Waals surface area (Å²) in [6, 6.07) is 41.1. The van der Waals surface area contributed by atoms with E-state index in [1.54, 1.807) is 0 Å². The number of carbonyl (C=O) groups excluding carboxylic acids is 1. The van der Waals surface area contributed by atoms with Crippen molar-refractivity contribution in [2.24, 2.45) is 16.7 Å². The van der Waals surface area contributed by atoms with E-state index in [0.717, 1.165) is 41.5 Å². The van der Waals surface area contributed by atoms with Gasteiger partial charge in [0.15, 0.2) is 5.60 Å². The Balaban J connectivity index is 1.50. The summed E-state index contributed by atoms with van der Waals surface area (Å²) in [5.41, 5.74) is 3.24. The smallest absolute Gasteiger partial charge is 0.334 e. The van der Waals surface area contributed by atoms with E-state index < -0.39 is 11.2 Å². The molecule has 5 rings (SSSR count). The lowest BCUT2D eigenvalue weighted by Crippen LogP contribution is -2.44. The zero-order valence-electron chi connectivity index (χ0n) is 30.3. The molecule has 1 aliphatic heterocycles. The Bertz CT molecular complexity index is 1520. The third-order valence-corrected chi connectivity index (χ3v) is 9.15. The lowest BCUT2D eigenvalue weighted by Gasteiger charge is -2.39. The first kappa shape index (κ1) is 36.3. The van der Waals surface area contributed by atoms with Gasteiger partial charge in [0.25, 0.3) is 0 Å². The Hall–Kier alpha value is -3.99. The number of rotatable bonds is 14. The van der Waals surface area contributed by atoms with Gasteiger partial charge < -0.3 is 14.2 Å². The molecule has 4 heteroatoms. The molecule has 4 aromatic rings. The van der Waals surface area contributed by atoms with Crippen LogP contribution < -0.4 is 0 Å². The molecule has 4 nitrogen and oxygen atoms in total. The van der Waals surface area contributed by atoms with Gasteiger partial charge in [-0.05, 0) is 58.3 Å². The fourth-order valence-corrected chi connectivity index (χ4v) is 7.29. The van der Waals surface area contributed by atoms with E-state index in [0.29, 0.717) is 24.5 Å². The first-order valence-corrected chi connectivity index (χ1v) is 17.7. The van der Waals surface area contributed by atoms with Crippen molar-refractivity contribution in [2.45, 2.75) is 85.0 Å². The van der Waals surface area contributed by atoms with Gasteiger partial charge in [-0.2, -0.15) is 0 Å². The maximum Gasteiger partial charge on any atom is 0.334 e. The minimum atomic E-state index is -0.995. The van der Waals surface area contributed by atoms with Crippen molar-refractivity contribution < 1.29 is 19.0 Å². The van der Waals surface area contributed by atoms with Crippen LogP contribution in [0.3, 0.4) is 0 Å². The Morgan fingerprint density at radius 2 is 1.12 bits per heavy atom. The number of benzene rings is 4. The molecule has 1 fully saturated rings. The SMILES string of the molecule is CC(C)(C)CC(C/C=C1\C[C@@](COCc2ccccc2)(COC(c2ccccc2)(c2ccccc2)c2ccccc2)OC1=O)CC(C)(C)C. The number of hydrogen-bond acceptors (Lipinski definition) is 4. The first-order chi connectivity index (χ1) is 23.4. The van der Waals surface area contributed by atoms with Crippen molar-refractivity contribution in [3.8, 4) is 0 Å². The minimum Gasteiger partial charge on any atom is -0.450 e. The molecule has 4 aromatic carbocycles. The summed E-state index contributed by atoms with van der Waals surface area (Å²) in [6.07, 6.45) is 5.58. The average molecular weight is 659 g/mol. The second-order valence-electron chi connectivity index (χ2n) is 16.2. The van der Waals surface area contributed by atoms with Crippen LogP contribution in [0.2, 0.25) is 0 Å². The molecule has 49 heavy (non-hydrogen) atoms. The van der Waals surface area contributed by atoms with Crippen molar-refractivity contribution in [1.29, 1.82) is 0 Å². The summed E-state index contributed by atoms with van der Waals surface area (Å²) in [7, 11) is 0. The quantitative estimate of drug-likeness (QED) is 0.0768. The average Bonchev–Trinajstić information content (AvgIpc) is 3.39. The van der Waals surface area contributed by atoms with E-state index in [2.05, 4.69) is 84.0 Å². The minimum absolute atomic E-state index is 0.150. The van der Waals surface area contributed by atoms with Gasteiger partial charge in [0.1, 0.15) is 5.60 Å². The molecule has 0 N–H and O–H groups in total. The van der Waals surface area contributed by atoms with Crippen molar-refractivity contribution in [3.63, 3.8) is 0 Å². The fourth-order valence-electron chi connectivity index (χ4n) is 7.29. The number of ether oxygens (including phenoxy) is 3. The summed E-state index contributed by atoms with van der Waals surface area (Å²) in [4.78, 5) is 13.7. The molecule has 0 aliphatic carbocycles. The van der Waals surface area contributed by atoms with Crippen LogP contribution >= 0.6 is 0 Å². The predicted octanol–water partition coefficient (Wildman–Crippen LogP) is 10.7. The Labute approximate surface area is 294 Å². The fraction of sp³-hybridized carbons (Fsp3) is 0.400. The lowest BCUT2D eigenvalue weighted by atomic mass is 9.75. The Morgan fingerprint density at radius 3 is 1.57 bits per heavy atom. The standard InChI is InChI=1S/C45H54O4/c1-42(2,3)29-36(30-43(4,5)6)27-28-37-31-44(49-41(37)46,33-47-32-35-19-11-7-12-20-35)34-48-45(38-21-13-8-14-22-38,39-23-15-9-16-24-39)40-25-17-10-18-26-40/h7-26,28,36H,27,29-34H2,1-6H3/b37-28+/t44-/m1/s1. The van der Waals surface area contributed by atoms with Crippen LogP contribution in [0.5, 0.6) is 0 Å². The molecule has 1 heterocycles. The van der Waals surface area contributed by atoms with Crippen LogP contribution in [-0.2, 0) is 31.2 Å². The molecule has 1 atom stereocenters.